The Bertz CT molecular complexity index is 819. The zero-order chi connectivity index (χ0) is 16.9. The van der Waals surface area contributed by atoms with E-state index in [9.17, 15) is 4.39 Å². The second-order valence-electron chi connectivity index (χ2n) is 5.47. The van der Waals surface area contributed by atoms with Gasteiger partial charge in [0.25, 0.3) is 0 Å². The van der Waals surface area contributed by atoms with Crippen molar-refractivity contribution in [2.45, 2.75) is 26.5 Å². The number of aryl methyl sites for hydroxylation is 1. The van der Waals surface area contributed by atoms with Crippen molar-refractivity contribution in [2.24, 2.45) is 0 Å². The zero-order valence-corrected chi connectivity index (χ0v) is 13.5. The van der Waals surface area contributed by atoms with Crippen LogP contribution >= 0.6 is 0 Å². The highest BCUT2D eigenvalue weighted by molar-refractivity contribution is 5.46. The molecule has 2 aromatic carbocycles. The van der Waals surface area contributed by atoms with Crippen LogP contribution in [0.2, 0.25) is 0 Å². The van der Waals surface area contributed by atoms with E-state index in [0.29, 0.717) is 24.1 Å². The van der Waals surface area contributed by atoms with E-state index in [4.69, 9.17) is 9.15 Å². The van der Waals surface area contributed by atoms with Crippen LogP contribution in [0.25, 0.3) is 0 Å². The topological polar surface area (TPSA) is 60.2 Å². The van der Waals surface area contributed by atoms with E-state index >= 15 is 0 Å². The van der Waals surface area contributed by atoms with Crippen LogP contribution in [-0.2, 0) is 6.61 Å². The third-order valence-corrected chi connectivity index (χ3v) is 3.42. The van der Waals surface area contributed by atoms with E-state index in [-0.39, 0.29) is 11.9 Å². The van der Waals surface area contributed by atoms with Gasteiger partial charge < -0.3 is 14.5 Å². The minimum Gasteiger partial charge on any atom is -0.489 e. The lowest BCUT2D eigenvalue weighted by atomic mass is 10.2. The van der Waals surface area contributed by atoms with E-state index in [1.165, 1.54) is 12.1 Å². The molecule has 0 saturated heterocycles. The van der Waals surface area contributed by atoms with Gasteiger partial charge in [0.1, 0.15) is 24.2 Å². The molecule has 1 N–H and O–H groups in total. The maximum Gasteiger partial charge on any atom is 0.238 e. The summed E-state index contributed by atoms with van der Waals surface area (Å²) in [5.74, 6) is 1.26. The first-order chi connectivity index (χ1) is 11.6. The second kappa shape index (κ2) is 7.12. The highest BCUT2D eigenvalue weighted by Gasteiger charge is 2.12. The van der Waals surface area contributed by atoms with Crippen LogP contribution in [0, 0.1) is 12.7 Å². The minimum absolute atomic E-state index is 0.106. The SMILES string of the molecule is Cc1nnc([C@@H](C)Nc2cccc(COc3cccc(F)c3)c2)o1. The predicted octanol–water partition coefficient (Wildman–Crippen LogP) is 4.27. The van der Waals surface area contributed by atoms with Crippen molar-refractivity contribution in [2.75, 3.05) is 5.32 Å². The lowest BCUT2D eigenvalue weighted by Gasteiger charge is -2.13. The molecule has 24 heavy (non-hydrogen) atoms. The van der Waals surface area contributed by atoms with E-state index in [1.807, 2.05) is 31.2 Å². The van der Waals surface area contributed by atoms with Gasteiger partial charge in [-0.05, 0) is 36.8 Å². The van der Waals surface area contributed by atoms with E-state index in [2.05, 4.69) is 15.5 Å². The highest BCUT2D eigenvalue weighted by Crippen LogP contribution is 2.20. The molecule has 6 heteroatoms. The molecule has 0 fully saturated rings. The molecule has 3 rings (SSSR count). The van der Waals surface area contributed by atoms with Gasteiger partial charge in [0, 0.05) is 18.7 Å². The number of aromatic nitrogens is 2. The number of hydrogen-bond donors (Lipinski definition) is 1. The number of rotatable bonds is 6. The van der Waals surface area contributed by atoms with Gasteiger partial charge in [-0.2, -0.15) is 0 Å². The minimum atomic E-state index is -0.313. The van der Waals surface area contributed by atoms with Gasteiger partial charge in [-0.1, -0.05) is 18.2 Å². The Morgan fingerprint density at radius 1 is 1.17 bits per heavy atom. The molecule has 124 valence electrons. The summed E-state index contributed by atoms with van der Waals surface area (Å²) in [4.78, 5) is 0. The molecule has 0 unspecified atom stereocenters. The van der Waals surface area contributed by atoms with Crippen LogP contribution in [-0.4, -0.2) is 10.2 Å². The molecule has 0 aliphatic heterocycles. The molecule has 0 aliphatic carbocycles. The zero-order valence-electron chi connectivity index (χ0n) is 13.5. The first kappa shape index (κ1) is 16.0. The fourth-order valence-corrected chi connectivity index (χ4v) is 2.27. The predicted molar refractivity (Wildman–Crippen MR) is 88.2 cm³/mol. The lowest BCUT2D eigenvalue weighted by Crippen LogP contribution is -2.07. The number of nitrogens with one attached hydrogen (secondary N) is 1. The molecule has 1 heterocycles. The summed E-state index contributed by atoms with van der Waals surface area (Å²) in [7, 11) is 0. The summed E-state index contributed by atoms with van der Waals surface area (Å²) in [5, 5.41) is 11.1. The van der Waals surface area contributed by atoms with Gasteiger partial charge in [-0.15, -0.1) is 10.2 Å². The highest BCUT2D eigenvalue weighted by atomic mass is 19.1. The standard InChI is InChI=1S/C18H18FN3O2/c1-12(18-22-21-13(2)24-18)20-16-7-3-5-14(9-16)11-23-17-8-4-6-15(19)10-17/h3-10,12,20H,11H2,1-2H3/t12-/m1/s1. The lowest BCUT2D eigenvalue weighted by molar-refractivity contribution is 0.304. The van der Waals surface area contributed by atoms with Crippen LogP contribution in [0.1, 0.15) is 30.3 Å². The Balaban J connectivity index is 1.63. The number of halogens is 1. The Labute approximate surface area is 139 Å². The summed E-state index contributed by atoms with van der Waals surface area (Å²) >= 11 is 0. The van der Waals surface area contributed by atoms with E-state index < -0.39 is 0 Å². The van der Waals surface area contributed by atoms with Crippen LogP contribution in [0.4, 0.5) is 10.1 Å². The smallest absolute Gasteiger partial charge is 0.238 e. The van der Waals surface area contributed by atoms with Gasteiger partial charge in [-0.25, -0.2) is 4.39 Å². The quantitative estimate of drug-likeness (QED) is 0.732. The van der Waals surface area contributed by atoms with Crippen LogP contribution in [0.15, 0.2) is 52.9 Å². The van der Waals surface area contributed by atoms with Crippen molar-refractivity contribution >= 4 is 5.69 Å². The van der Waals surface area contributed by atoms with Gasteiger partial charge >= 0.3 is 0 Å². The Kier molecular flexibility index (Phi) is 4.74. The first-order valence-electron chi connectivity index (χ1n) is 7.64. The maximum atomic E-state index is 13.2. The average molecular weight is 327 g/mol. The molecule has 0 amide bonds. The fraction of sp³-hybridized carbons (Fsp3) is 0.222. The largest absolute Gasteiger partial charge is 0.489 e. The molecule has 5 nitrogen and oxygen atoms in total. The average Bonchev–Trinajstić information content (AvgIpc) is 3.00. The summed E-state index contributed by atoms with van der Waals surface area (Å²) in [6.07, 6.45) is 0. The molecule has 1 atom stereocenters. The molecule has 1 aromatic heterocycles. The van der Waals surface area contributed by atoms with E-state index in [0.717, 1.165) is 11.3 Å². The van der Waals surface area contributed by atoms with Crippen LogP contribution in [0.3, 0.4) is 0 Å². The van der Waals surface area contributed by atoms with Gasteiger partial charge in [0.05, 0.1) is 0 Å². The van der Waals surface area contributed by atoms with Crippen molar-refractivity contribution in [1.82, 2.24) is 10.2 Å². The number of hydrogen-bond acceptors (Lipinski definition) is 5. The molecular weight excluding hydrogens is 309 g/mol. The molecule has 0 saturated carbocycles. The summed E-state index contributed by atoms with van der Waals surface area (Å²) in [6, 6.07) is 13.8. The van der Waals surface area contributed by atoms with Crippen LogP contribution < -0.4 is 10.1 Å². The monoisotopic (exact) mass is 327 g/mol. The van der Waals surface area contributed by atoms with Gasteiger partial charge in [0.2, 0.25) is 11.8 Å². The van der Waals surface area contributed by atoms with Crippen molar-refractivity contribution in [3.63, 3.8) is 0 Å². The third-order valence-electron chi connectivity index (χ3n) is 3.42. The first-order valence-corrected chi connectivity index (χ1v) is 7.64. The number of benzene rings is 2. The Morgan fingerprint density at radius 3 is 2.75 bits per heavy atom. The van der Waals surface area contributed by atoms with E-state index in [1.54, 1.807) is 19.1 Å². The molecule has 0 aliphatic rings. The van der Waals surface area contributed by atoms with Crippen LogP contribution in [0.5, 0.6) is 5.75 Å². The fourth-order valence-electron chi connectivity index (χ4n) is 2.27. The Hall–Kier alpha value is -2.89. The molecule has 3 aromatic rings. The number of nitrogens with zero attached hydrogens (tertiary/aromatic N) is 2. The number of anilines is 1. The molecule has 0 spiro atoms. The summed E-state index contributed by atoms with van der Waals surface area (Å²) in [6.45, 7) is 4.06. The summed E-state index contributed by atoms with van der Waals surface area (Å²) in [5.41, 5.74) is 1.89. The molecule has 0 radical (unpaired) electrons. The Morgan fingerprint density at radius 2 is 2.00 bits per heavy atom. The third kappa shape index (κ3) is 4.10. The summed E-state index contributed by atoms with van der Waals surface area (Å²) < 4.78 is 24.2. The van der Waals surface area contributed by atoms with Gasteiger partial charge in [0.15, 0.2) is 0 Å². The maximum absolute atomic E-state index is 13.2. The normalized spacial score (nSPS) is 12.0. The van der Waals surface area contributed by atoms with Crippen molar-refractivity contribution < 1.29 is 13.5 Å². The number of ether oxygens (including phenoxy) is 1. The van der Waals surface area contributed by atoms with Crippen molar-refractivity contribution in [1.29, 1.82) is 0 Å². The molecule has 0 bridgehead atoms. The van der Waals surface area contributed by atoms with Crippen molar-refractivity contribution in [3.05, 3.63) is 71.7 Å². The molecular formula is C18H18FN3O2. The van der Waals surface area contributed by atoms with Gasteiger partial charge in [-0.3, -0.25) is 0 Å². The second-order valence-corrected chi connectivity index (χ2v) is 5.47. The van der Waals surface area contributed by atoms with Crippen molar-refractivity contribution in [3.8, 4) is 5.75 Å².